The summed E-state index contributed by atoms with van der Waals surface area (Å²) >= 11 is 11.2. The molecule has 18 heavy (non-hydrogen) atoms. The van der Waals surface area contributed by atoms with Crippen LogP contribution in [0.25, 0.3) is 11.4 Å². The van der Waals surface area contributed by atoms with Gasteiger partial charge in [-0.25, -0.2) is 4.98 Å². The highest BCUT2D eigenvalue weighted by atomic mass is 35.5. The van der Waals surface area contributed by atoms with Crippen LogP contribution in [0, 0.1) is 4.64 Å². The second-order valence-corrected chi connectivity index (χ2v) is 6.10. The lowest BCUT2D eigenvalue weighted by molar-refractivity contribution is 0.567. The van der Waals surface area contributed by atoms with Crippen molar-refractivity contribution in [3.05, 3.63) is 45.7 Å². The third kappa shape index (κ3) is 2.98. The molecule has 0 amide bonds. The third-order valence-electron chi connectivity index (χ3n) is 2.65. The maximum absolute atomic E-state index is 6.00. The van der Waals surface area contributed by atoms with Gasteiger partial charge >= 0.3 is 0 Å². The van der Waals surface area contributed by atoms with Crippen molar-refractivity contribution in [1.82, 2.24) is 9.97 Å². The van der Waals surface area contributed by atoms with Gasteiger partial charge in [0, 0.05) is 21.7 Å². The van der Waals surface area contributed by atoms with Gasteiger partial charge in [0.2, 0.25) is 0 Å². The van der Waals surface area contributed by atoms with Gasteiger partial charge in [-0.3, -0.25) is 0 Å². The van der Waals surface area contributed by atoms with E-state index in [1.54, 1.807) is 0 Å². The fraction of sp³-hybridized carbons (Fsp3) is 0.286. The Balaban J connectivity index is 2.59. The molecule has 0 aliphatic heterocycles. The zero-order valence-electron chi connectivity index (χ0n) is 10.6. The second-order valence-electron chi connectivity index (χ2n) is 5.24. The Labute approximate surface area is 117 Å². The standard InChI is InChI=1S/C14H15ClN2S/c1-14(2,3)11-8-12(18)17-13(16-11)9-5-4-6-10(15)7-9/h4-8H,1-3H3,(H,16,17,18). The lowest BCUT2D eigenvalue weighted by Crippen LogP contribution is -2.14. The van der Waals surface area contributed by atoms with Crippen LogP contribution in [0.15, 0.2) is 30.3 Å². The molecule has 4 heteroatoms. The fourth-order valence-electron chi connectivity index (χ4n) is 1.63. The Bertz CT molecular complexity index is 626. The van der Waals surface area contributed by atoms with Crippen LogP contribution in [0.1, 0.15) is 26.5 Å². The minimum Gasteiger partial charge on any atom is -0.343 e. The van der Waals surface area contributed by atoms with E-state index in [1.165, 1.54) is 0 Å². The van der Waals surface area contributed by atoms with Crippen molar-refractivity contribution in [2.45, 2.75) is 26.2 Å². The van der Waals surface area contributed by atoms with Gasteiger partial charge < -0.3 is 4.98 Å². The number of hydrogen-bond donors (Lipinski definition) is 1. The summed E-state index contributed by atoms with van der Waals surface area (Å²) in [6.45, 7) is 6.40. The zero-order chi connectivity index (χ0) is 13.3. The highest BCUT2D eigenvalue weighted by molar-refractivity contribution is 7.71. The monoisotopic (exact) mass is 278 g/mol. The van der Waals surface area contributed by atoms with Gasteiger partial charge in [0.25, 0.3) is 0 Å². The van der Waals surface area contributed by atoms with Gasteiger partial charge in [-0.15, -0.1) is 0 Å². The fourth-order valence-corrected chi connectivity index (χ4v) is 2.03. The number of benzene rings is 1. The van der Waals surface area contributed by atoms with Crippen LogP contribution in [0.5, 0.6) is 0 Å². The number of aromatic amines is 1. The maximum atomic E-state index is 6.00. The van der Waals surface area contributed by atoms with Gasteiger partial charge in [0.1, 0.15) is 10.5 Å². The van der Waals surface area contributed by atoms with Gasteiger partial charge in [-0.05, 0) is 18.2 Å². The van der Waals surface area contributed by atoms with Crippen molar-refractivity contribution >= 4 is 23.8 Å². The summed E-state index contributed by atoms with van der Waals surface area (Å²) in [6.07, 6.45) is 0. The number of halogens is 1. The molecule has 2 aromatic rings. The van der Waals surface area contributed by atoms with E-state index >= 15 is 0 Å². The molecule has 0 saturated carbocycles. The Morgan fingerprint density at radius 3 is 2.56 bits per heavy atom. The number of aromatic nitrogens is 2. The topological polar surface area (TPSA) is 28.7 Å². The molecule has 2 rings (SSSR count). The first kappa shape index (κ1) is 13.2. The molecule has 2 nitrogen and oxygen atoms in total. The van der Waals surface area contributed by atoms with E-state index in [1.807, 2.05) is 30.3 Å². The summed E-state index contributed by atoms with van der Waals surface area (Å²) in [7, 11) is 0. The SMILES string of the molecule is CC(C)(C)c1cc(=S)nc(-c2cccc(Cl)c2)[nH]1. The van der Waals surface area contributed by atoms with Crippen LogP contribution >= 0.6 is 23.8 Å². The van der Waals surface area contributed by atoms with Crippen LogP contribution in [-0.4, -0.2) is 9.97 Å². The van der Waals surface area contributed by atoms with Crippen LogP contribution in [0.3, 0.4) is 0 Å². The molecule has 1 heterocycles. The molecule has 0 unspecified atom stereocenters. The van der Waals surface area contributed by atoms with E-state index in [2.05, 4.69) is 30.7 Å². The lowest BCUT2D eigenvalue weighted by Gasteiger charge is -2.19. The number of nitrogens with zero attached hydrogens (tertiary/aromatic N) is 1. The molecule has 94 valence electrons. The Morgan fingerprint density at radius 2 is 1.94 bits per heavy atom. The van der Waals surface area contributed by atoms with Crippen LogP contribution in [0.2, 0.25) is 5.02 Å². The summed E-state index contributed by atoms with van der Waals surface area (Å²) in [5, 5.41) is 0.690. The molecule has 0 aliphatic rings. The van der Waals surface area contributed by atoms with Crippen molar-refractivity contribution in [2.24, 2.45) is 0 Å². The predicted octanol–water partition coefficient (Wildman–Crippen LogP) is 4.76. The zero-order valence-corrected chi connectivity index (χ0v) is 12.2. The number of nitrogens with one attached hydrogen (secondary N) is 1. The molecule has 0 aliphatic carbocycles. The highest BCUT2D eigenvalue weighted by Gasteiger charge is 2.15. The summed E-state index contributed by atoms with van der Waals surface area (Å²) in [6, 6.07) is 9.49. The molecule has 0 radical (unpaired) electrons. The minimum absolute atomic E-state index is 0.00379. The molecule has 0 atom stereocenters. The van der Waals surface area contributed by atoms with Crippen LogP contribution in [0.4, 0.5) is 0 Å². The van der Waals surface area contributed by atoms with Gasteiger partial charge in [-0.2, -0.15) is 0 Å². The summed E-state index contributed by atoms with van der Waals surface area (Å²) in [5.74, 6) is 0.759. The van der Waals surface area contributed by atoms with E-state index < -0.39 is 0 Å². The predicted molar refractivity (Wildman–Crippen MR) is 78.6 cm³/mol. The number of hydrogen-bond acceptors (Lipinski definition) is 2. The first-order chi connectivity index (χ1) is 8.36. The van der Waals surface area contributed by atoms with Gasteiger partial charge in [0.15, 0.2) is 0 Å². The van der Waals surface area contributed by atoms with Gasteiger partial charge in [-0.1, -0.05) is 56.7 Å². The molecule has 0 fully saturated rings. The molecular formula is C14H15ClN2S. The third-order valence-corrected chi connectivity index (χ3v) is 3.09. The summed E-state index contributed by atoms with van der Waals surface area (Å²) < 4.78 is 0.591. The van der Waals surface area contributed by atoms with Crippen molar-refractivity contribution < 1.29 is 0 Å². The van der Waals surface area contributed by atoms with Gasteiger partial charge in [0.05, 0.1) is 0 Å². The maximum Gasteiger partial charge on any atom is 0.139 e. The van der Waals surface area contributed by atoms with E-state index in [9.17, 15) is 0 Å². The van der Waals surface area contributed by atoms with Crippen molar-refractivity contribution in [2.75, 3.05) is 0 Å². The van der Waals surface area contributed by atoms with E-state index in [0.717, 1.165) is 17.1 Å². The largest absolute Gasteiger partial charge is 0.343 e. The first-order valence-electron chi connectivity index (χ1n) is 5.74. The molecule has 0 spiro atoms. The van der Waals surface area contributed by atoms with Crippen molar-refractivity contribution in [3.8, 4) is 11.4 Å². The Morgan fingerprint density at radius 1 is 1.22 bits per heavy atom. The van der Waals surface area contributed by atoms with Crippen molar-refractivity contribution in [3.63, 3.8) is 0 Å². The van der Waals surface area contributed by atoms with E-state index in [4.69, 9.17) is 23.8 Å². The quantitative estimate of drug-likeness (QED) is 0.762. The smallest absolute Gasteiger partial charge is 0.139 e. The van der Waals surface area contributed by atoms with E-state index in [0.29, 0.717) is 9.66 Å². The summed E-state index contributed by atoms with van der Waals surface area (Å²) in [5.41, 5.74) is 2.02. The van der Waals surface area contributed by atoms with Crippen molar-refractivity contribution in [1.29, 1.82) is 0 Å². The number of H-pyrrole nitrogens is 1. The minimum atomic E-state index is 0.00379. The van der Waals surface area contributed by atoms with E-state index in [-0.39, 0.29) is 5.41 Å². The average Bonchev–Trinajstić information content (AvgIpc) is 2.27. The first-order valence-corrected chi connectivity index (χ1v) is 6.53. The Hall–Kier alpha value is -1.19. The summed E-state index contributed by atoms with van der Waals surface area (Å²) in [4.78, 5) is 7.69. The molecular weight excluding hydrogens is 264 g/mol. The molecule has 0 saturated heterocycles. The molecule has 1 aromatic heterocycles. The molecule has 1 aromatic carbocycles. The lowest BCUT2D eigenvalue weighted by atomic mass is 9.92. The molecule has 1 N–H and O–H groups in total. The van der Waals surface area contributed by atoms with Crippen LogP contribution < -0.4 is 0 Å². The highest BCUT2D eigenvalue weighted by Crippen LogP contribution is 2.24. The van der Waals surface area contributed by atoms with Crippen LogP contribution in [-0.2, 0) is 5.41 Å². The second kappa shape index (κ2) is 4.82. The average molecular weight is 279 g/mol. The number of rotatable bonds is 1. The normalized spacial score (nSPS) is 11.6. The molecule has 0 bridgehead atoms. The Kier molecular flexibility index (Phi) is 3.55.